The fourth-order valence-corrected chi connectivity index (χ4v) is 2.12. The van der Waals surface area contributed by atoms with Gasteiger partial charge in [0.1, 0.15) is 0 Å². The van der Waals surface area contributed by atoms with Crippen molar-refractivity contribution in [2.75, 3.05) is 19.7 Å². The maximum absolute atomic E-state index is 9.32. The third-order valence-corrected chi connectivity index (χ3v) is 2.77. The van der Waals surface area contributed by atoms with Crippen molar-refractivity contribution in [3.63, 3.8) is 0 Å². The van der Waals surface area contributed by atoms with Crippen LogP contribution < -0.4 is 0 Å². The molecular formula is C10H21NO3. The molecule has 4 heteroatoms. The second-order valence-corrected chi connectivity index (χ2v) is 4.21. The Bertz CT molecular complexity index is 163. The molecule has 14 heavy (non-hydrogen) atoms. The number of aliphatic hydroxyl groups is 3. The lowest BCUT2D eigenvalue weighted by molar-refractivity contribution is 0.0465. The molecule has 1 saturated heterocycles. The summed E-state index contributed by atoms with van der Waals surface area (Å²) in [7, 11) is 0. The molecule has 1 heterocycles. The van der Waals surface area contributed by atoms with Crippen LogP contribution in [0.5, 0.6) is 0 Å². The van der Waals surface area contributed by atoms with E-state index < -0.39 is 6.10 Å². The Labute approximate surface area is 85.2 Å². The first-order chi connectivity index (χ1) is 6.63. The van der Waals surface area contributed by atoms with E-state index in [1.54, 1.807) is 6.92 Å². The van der Waals surface area contributed by atoms with Crippen LogP contribution in [0.1, 0.15) is 26.2 Å². The van der Waals surface area contributed by atoms with Gasteiger partial charge in [-0.05, 0) is 32.7 Å². The standard InChI is InChI=1S/C10H21NO3/c1-8(13)5-9-3-2-4-11(9)6-10(14)7-12/h8-10,12-14H,2-7H2,1H3. The van der Waals surface area contributed by atoms with Gasteiger partial charge in [0, 0.05) is 12.6 Å². The molecular weight excluding hydrogens is 182 g/mol. The zero-order chi connectivity index (χ0) is 10.6. The molecule has 1 rings (SSSR count). The van der Waals surface area contributed by atoms with Gasteiger partial charge in [0.05, 0.1) is 18.8 Å². The maximum atomic E-state index is 9.32. The lowest BCUT2D eigenvalue weighted by Crippen LogP contribution is -2.38. The predicted octanol–water partition coefficient (Wildman–Crippen LogP) is -0.425. The Kier molecular flexibility index (Phi) is 4.81. The van der Waals surface area contributed by atoms with E-state index in [-0.39, 0.29) is 12.7 Å². The summed E-state index contributed by atoms with van der Waals surface area (Å²) in [6, 6.07) is 0.371. The van der Waals surface area contributed by atoms with Crippen LogP contribution in [0.25, 0.3) is 0 Å². The van der Waals surface area contributed by atoms with E-state index in [2.05, 4.69) is 4.90 Å². The topological polar surface area (TPSA) is 63.9 Å². The number of hydrogen-bond donors (Lipinski definition) is 3. The van der Waals surface area contributed by atoms with Gasteiger partial charge in [0.15, 0.2) is 0 Å². The van der Waals surface area contributed by atoms with Crippen molar-refractivity contribution in [3.05, 3.63) is 0 Å². The SMILES string of the molecule is CC(O)CC1CCCN1CC(O)CO. The quantitative estimate of drug-likeness (QED) is 0.567. The molecule has 0 aromatic heterocycles. The van der Waals surface area contributed by atoms with E-state index in [9.17, 15) is 10.2 Å². The fourth-order valence-electron chi connectivity index (χ4n) is 2.12. The van der Waals surface area contributed by atoms with Gasteiger partial charge in [-0.3, -0.25) is 4.90 Å². The van der Waals surface area contributed by atoms with Gasteiger partial charge in [0.25, 0.3) is 0 Å². The molecule has 3 unspecified atom stereocenters. The van der Waals surface area contributed by atoms with Crippen LogP contribution in [0.4, 0.5) is 0 Å². The molecule has 0 saturated carbocycles. The van der Waals surface area contributed by atoms with E-state index in [0.717, 1.165) is 25.8 Å². The van der Waals surface area contributed by atoms with Crippen molar-refractivity contribution in [1.82, 2.24) is 4.90 Å². The molecule has 3 atom stereocenters. The minimum Gasteiger partial charge on any atom is -0.394 e. The van der Waals surface area contributed by atoms with Crippen LogP contribution in [0.2, 0.25) is 0 Å². The van der Waals surface area contributed by atoms with Crippen LogP contribution in [-0.4, -0.2) is 58.2 Å². The number of β-amino-alcohol motifs (C(OH)–C–C–N with tert-alkyl or cyclic N) is 1. The molecule has 0 radical (unpaired) electrons. The van der Waals surface area contributed by atoms with Gasteiger partial charge < -0.3 is 15.3 Å². The maximum Gasteiger partial charge on any atom is 0.0897 e. The van der Waals surface area contributed by atoms with Gasteiger partial charge in [-0.25, -0.2) is 0 Å². The minimum atomic E-state index is -0.649. The minimum absolute atomic E-state index is 0.183. The molecule has 3 N–H and O–H groups in total. The Morgan fingerprint density at radius 2 is 2.14 bits per heavy atom. The van der Waals surface area contributed by atoms with Gasteiger partial charge in [0.2, 0.25) is 0 Å². The summed E-state index contributed by atoms with van der Waals surface area (Å²) in [6.07, 6.45) is 2.04. The number of aliphatic hydroxyl groups excluding tert-OH is 3. The Hall–Kier alpha value is -0.160. The number of rotatable bonds is 5. The fraction of sp³-hybridized carbons (Fsp3) is 1.00. The first kappa shape index (κ1) is 11.9. The predicted molar refractivity (Wildman–Crippen MR) is 54.0 cm³/mol. The largest absolute Gasteiger partial charge is 0.394 e. The highest BCUT2D eigenvalue weighted by atomic mass is 16.3. The number of hydrogen-bond acceptors (Lipinski definition) is 4. The molecule has 0 aromatic rings. The summed E-state index contributed by atoms with van der Waals surface area (Å²) >= 11 is 0. The van der Waals surface area contributed by atoms with Crippen molar-refractivity contribution in [3.8, 4) is 0 Å². The van der Waals surface area contributed by atoms with Crippen molar-refractivity contribution in [1.29, 1.82) is 0 Å². The number of nitrogens with zero attached hydrogens (tertiary/aromatic N) is 1. The molecule has 0 aliphatic carbocycles. The van der Waals surface area contributed by atoms with Crippen LogP contribution in [0.15, 0.2) is 0 Å². The molecule has 0 aromatic carbocycles. The second kappa shape index (κ2) is 5.66. The Morgan fingerprint density at radius 3 is 2.71 bits per heavy atom. The van der Waals surface area contributed by atoms with Crippen molar-refractivity contribution >= 4 is 0 Å². The first-order valence-electron chi connectivity index (χ1n) is 5.34. The average Bonchev–Trinajstić information content (AvgIpc) is 2.52. The van der Waals surface area contributed by atoms with Gasteiger partial charge in [-0.1, -0.05) is 0 Å². The van der Waals surface area contributed by atoms with Crippen molar-refractivity contribution in [2.45, 2.75) is 44.4 Å². The molecule has 4 nitrogen and oxygen atoms in total. The summed E-state index contributed by atoms with van der Waals surface area (Å²) in [5, 5.41) is 27.3. The van der Waals surface area contributed by atoms with Crippen LogP contribution in [0, 0.1) is 0 Å². The van der Waals surface area contributed by atoms with Gasteiger partial charge >= 0.3 is 0 Å². The first-order valence-corrected chi connectivity index (χ1v) is 5.34. The summed E-state index contributed by atoms with van der Waals surface area (Å²) < 4.78 is 0. The molecule has 0 spiro atoms. The van der Waals surface area contributed by atoms with Crippen LogP contribution in [-0.2, 0) is 0 Å². The number of likely N-dealkylation sites (tertiary alicyclic amines) is 1. The molecule has 1 fully saturated rings. The monoisotopic (exact) mass is 203 g/mol. The second-order valence-electron chi connectivity index (χ2n) is 4.21. The smallest absolute Gasteiger partial charge is 0.0897 e. The summed E-state index contributed by atoms with van der Waals surface area (Å²) in [6.45, 7) is 3.10. The lowest BCUT2D eigenvalue weighted by atomic mass is 10.1. The lowest BCUT2D eigenvalue weighted by Gasteiger charge is -2.26. The zero-order valence-electron chi connectivity index (χ0n) is 8.76. The van der Waals surface area contributed by atoms with E-state index in [0.29, 0.717) is 12.6 Å². The highest BCUT2D eigenvalue weighted by molar-refractivity contribution is 4.81. The van der Waals surface area contributed by atoms with Crippen LogP contribution in [0.3, 0.4) is 0 Å². The highest BCUT2D eigenvalue weighted by Crippen LogP contribution is 2.21. The average molecular weight is 203 g/mol. The van der Waals surface area contributed by atoms with E-state index >= 15 is 0 Å². The van der Waals surface area contributed by atoms with E-state index in [1.807, 2.05) is 0 Å². The van der Waals surface area contributed by atoms with Crippen molar-refractivity contribution < 1.29 is 15.3 Å². The third-order valence-electron chi connectivity index (χ3n) is 2.77. The Morgan fingerprint density at radius 1 is 1.43 bits per heavy atom. The van der Waals surface area contributed by atoms with E-state index in [1.165, 1.54) is 0 Å². The van der Waals surface area contributed by atoms with Gasteiger partial charge in [-0.15, -0.1) is 0 Å². The molecule has 0 bridgehead atoms. The zero-order valence-corrected chi connectivity index (χ0v) is 8.76. The molecule has 0 amide bonds. The van der Waals surface area contributed by atoms with E-state index in [4.69, 9.17) is 5.11 Å². The third kappa shape index (κ3) is 3.53. The molecule has 84 valence electrons. The van der Waals surface area contributed by atoms with Gasteiger partial charge in [-0.2, -0.15) is 0 Å². The normalized spacial score (nSPS) is 27.9. The summed E-state index contributed by atoms with van der Waals surface area (Å²) in [5.74, 6) is 0. The van der Waals surface area contributed by atoms with Crippen LogP contribution >= 0.6 is 0 Å². The Balaban J connectivity index is 2.35. The summed E-state index contributed by atoms with van der Waals surface area (Å²) in [5.41, 5.74) is 0. The highest BCUT2D eigenvalue weighted by Gasteiger charge is 2.26. The molecule has 1 aliphatic rings. The van der Waals surface area contributed by atoms with Crippen molar-refractivity contribution in [2.24, 2.45) is 0 Å². The molecule has 1 aliphatic heterocycles. The summed E-state index contributed by atoms with van der Waals surface area (Å²) in [4.78, 5) is 2.16.